The van der Waals surface area contributed by atoms with Gasteiger partial charge in [-0.15, -0.1) is 0 Å². The summed E-state index contributed by atoms with van der Waals surface area (Å²) in [6, 6.07) is 0. The number of rotatable bonds is 3. The van der Waals surface area contributed by atoms with E-state index in [0.717, 1.165) is 30.7 Å². The molecule has 1 saturated heterocycles. The van der Waals surface area contributed by atoms with Gasteiger partial charge in [0, 0.05) is 13.1 Å². The van der Waals surface area contributed by atoms with Crippen molar-refractivity contribution in [2.45, 2.75) is 44.6 Å². The standard InChI is InChI=1S/C12H18N4O2S2/c1-3-10-14-16-11(9(2)13-12(16)19-10)20(17,18)15-7-5-4-6-8-15/h3-8H2,1-2H3. The molecular formula is C12H18N4O2S2. The molecule has 0 amide bonds. The monoisotopic (exact) mass is 314 g/mol. The third-order valence-corrected chi connectivity index (χ3v) is 6.62. The van der Waals surface area contributed by atoms with Crippen LogP contribution in [0.3, 0.4) is 0 Å². The van der Waals surface area contributed by atoms with Gasteiger partial charge in [-0.05, 0) is 26.2 Å². The number of piperidine rings is 1. The van der Waals surface area contributed by atoms with Crippen molar-refractivity contribution in [2.24, 2.45) is 0 Å². The van der Waals surface area contributed by atoms with E-state index in [9.17, 15) is 8.42 Å². The number of hydrogen-bond acceptors (Lipinski definition) is 5. The second-order valence-electron chi connectivity index (χ2n) is 5.01. The van der Waals surface area contributed by atoms with Gasteiger partial charge >= 0.3 is 0 Å². The number of aromatic nitrogens is 3. The average Bonchev–Trinajstić information content (AvgIpc) is 2.95. The van der Waals surface area contributed by atoms with Crippen LogP contribution in [-0.4, -0.2) is 40.4 Å². The maximum atomic E-state index is 12.8. The molecule has 0 N–H and O–H groups in total. The highest BCUT2D eigenvalue weighted by atomic mass is 32.2. The number of sulfonamides is 1. The number of imidazole rings is 1. The van der Waals surface area contributed by atoms with Crippen molar-refractivity contribution >= 4 is 26.3 Å². The summed E-state index contributed by atoms with van der Waals surface area (Å²) in [5.74, 6) is 0. The number of aryl methyl sites for hydroxylation is 2. The van der Waals surface area contributed by atoms with Gasteiger partial charge in [-0.3, -0.25) is 0 Å². The summed E-state index contributed by atoms with van der Waals surface area (Å²) in [4.78, 5) is 5.02. The third kappa shape index (κ3) is 2.15. The van der Waals surface area contributed by atoms with Crippen LogP contribution in [0, 0.1) is 6.92 Å². The van der Waals surface area contributed by atoms with Crippen molar-refractivity contribution < 1.29 is 8.42 Å². The lowest BCUT2D eigenvalue weighted by molar-refractivity contribution is 0.344. The fourth-order valence-electron chi connectivity index (χ4n) is 2.54. The second kappa shape index (κ2) is 5.09. The molecule has 0 aliphatic carbocycles. The molecule has 0 spiro atoms. The van der Waals surface area contributed by atoms with Crippen molar-refractivity contribution in [2.75, 3.05) is 13.1 Å². The molecule has 110 valence electrons. The van der Waals surface area contributed by atoms with E-state index in [1.165, 1.54) is 15.9 Å². The first kappa shape index (κ1) is 14.0. The first-order valence-electron chi connectivity index (χ1n) is 6.89. The predicted octanol–water partition coefficient (Wildman–Crippen LogP) is 1.84. The topological polar surface area (TPSA) is 67.6 Å². The van der Waals surface area contributed by atoms with E-state index in [2.05, 4.69) is 10.1 Å². The van der Waals surface area contributed by atoms with E-state index in [-0.39, 0.29) is 5.03 Å². The van der Waals surface area contributed by atoms with Gasteiger partial charge in [0.05, 0.1) is 5.69 Å². The van der Waals surface area contributed by atoms with Crippen LogP contribution >= 0.6 is 11.3 Å². The van der Waals surface area contributed by atoms with Gasteiger partial charge in [-0.25, -0.2) is 13.4 Å². The van der Waals surface area contributed by atoms with Crippen LogP contribution in [0.1, 0.15) is 36.9 Å². The summed E-state index contributed by atoms with van der Waals surface area (Å²) in [7, 11) is -3.49. The maximum absolute atomic E-state index is 12.8. The minimum atomic E-state index is -3.49. The molecule has 0 bridgehead atoms. The average molecular weight is 314 g/mol. The van der Waals surface area contributed by atoms with E-state index in [4.69, 9.17) is 0 Å². The predicted molar refractivity (Wildman–Crippen MR) is 77.6 cm³/mol. The van der Waals surface area contributed by atoms with Gasteiger partial charge in [0.25, 0.3) is 10.0 Å². The molecule has 1 aliphatic heterocycles. The molecular weight excluding hydrogens is 296 g/mol. The van der Waals surface area contributed by atoms with Crippen molar-refractivity contribution in [3.05, 3.63) is 10.7 Å². The molecule has 3 rings (SSSR count). The summed E-state index contributed by atoms with van der Waals surface area (Å²) < 4.78 is 28.7. The van der Waals surface area contributed by atoms with Gasteiger partial charge in [-0.2, -0.15) is 13.9 Å². The highest BCUT2D eigenvalue weighted by molar-refractivity contribution is 7.89. The lowest BCUT2D eigenvalue weighted by Crippen LogP contribution is -2.36. The van der Waals surface area contributed by atoms with Crippen LogP contribution in [0.5, 0.6) is 0 Å². The minimum absolute atomic E-state index is 0.241. The second-order valence-corrected chi connectivity index (χ2v) is 7.90. The molecule has 8 heteroatoms. The van der Waals surface area contributed by atoms with Gasteiger partial charge in [-0.1, -0.05) is 24.7 Å². The molecule has 1 fully saturated rings. The van der Waals surface area contributed by atoms with E-state index in [1.54, 1.807) is 11.2 Å². The van der Waals surface area contributed by atoms with Crippen LogP contribution in [0.4, 0.5) is 0 Å². The number of hydrogen-bond donors (Lipinski definition) is 0. The lowest BCUT2D eigenvalue weighted by atomic mass is 10.2. The molecule has 0 radical (unpaired) electrons. The van der Waals surface area contributed by atoms with Crippen LogP contribution in [0.2, 0.25) is 0 Å². The summed E-state index contributed by atoms with van der Waals surface area (Å²) in [6.45, 7) is 4.94. The van der Waals surface area contributed by atoms with Crippen LogP contribution in [0.25, 0.3) is 4.96 Å². The van der Waals surface area contributed by atoms with Crippen molar-refractivity contribution in [1.29, 1.82) is 0 Å². The van der Waals surface area contributed by atoms with Crippen molar-refractivity contribution in [3.8, 4) is 0 Å². The Morgan fingerprint density at radius 1 is 1.25 bits per heavy atom. The first-order chi connectivity index (χ1) is 9.54. The molecule has 2 aromatic rings. The lowest BCUT2D eigenvalue weighted by Gasteiger charge is -2.25. The first-order valence-corrected chi connectivity index (χ1v) is 9.15. The number of fused-ring (bicyclic) bond motifs is 1. The molecule has 3 heterocycles. The van der Waals surface area contributed by atoms with E-state index in [0.29, 0.717) is 23.7 Å². The summed E-state index contributed by atoms with van der Waals surface area (Å²) in [5.41, 5.74) is 0.539. The fraction of sp³-hybridized carbons (Fsp3) is 0.667. The van der Waals surface area contributed by atoms with Crippen LogP contribution in [-0.2, 0) is 16.4 Å². The summed E-state index contributed by atoms with van der Waals surface area (Å²) >= 11 is 1.45. The van der Waals surface area contributed by atoms with E-state index < -0.39 is 10.0 Å². The van der Waals surface area contributed by atoms with Gasteiger partial charge in [0.15, 0.2) is 5.03 Å². The normalized spacial score (nSPS) is 17.9. The Kier molecular flexibility index (Phi) is 3.55. The van der Waals surface area contributed by atoms with E-state index in [1.807, 2.05) is 6.92 Å². The molecule has 0 saturated carbocycles. The zero-order valence-electron chi connectivity index (χ0n) is 11.7. The largest absolute Gasteiger partial charge is 0.262 e. The summed E-state index contributed by atoms with van der Waals surface area (Å²) in [5, 5.41) is 5.53. The molecule has 0 aromatic carbocycles. The smallest absolute Gasteiger partial charge is 0.221 e. The molecule has 2 aromatic heterocycles. The summed E-state index contributed by atoms with van der Waals surface area (Å²) in [6.07, 6.45) is 3.74. The molecule has 6 nitrogen and oxygen atoms in total. The van der Waals surface area contributed by atoms with E-state index >= 15 is 0 Å². The zero-order valence-corrected chi connectivity index (χ0v) is 13.3. The third-order valence-electron chi connectivity index (χ3n) is 3.57. The molecule has 20 heavy (non-hydrogen) atoms. The van der Waals surface area contributed by atoms with Crippen molar-refractivity contribution in [3.63, 3.8) is 0 Å². The highest BCUT2D eigenvalue weighted by Gasteiger charge is 2.32. The van der Waals surface area contributed by atoms with Gasteiger partial charge < -0.3 is 0 Å². The highest BCUT2D eigenvalue weighted by Crippen LogP contribution is 2.26. The molecule has 0 unspecified atom stereocenters. The van der Waals surface area contributed by atoms with Crippen molar-refractivity contribution in [1.82, 2.24) is 18.9 Å². The Morgan fingerprint density at radius 3 is 2.60 bits per heavy atom. The Hall–Kier alpha value is -0.990. The Morgan fingerprint density at radius 2 is 1.95 bits per heavy atom. The SMILES string of the molecule is CCc1nn2c(S(=O)(=O)N3CCCCC3)c(C)nc2s1. The minimum Gasteiger partial charge on any atom is -0.221 e. The Labute approximate surface area is 122 Å². The van der Waals surface area contributed by atoms with Crippen LogP contribution in [0.15, 0.2) is 5.03 Å². The molecule has 0 atom stereocenters. The maximum Gasteiger partial charge on any atom is 0.262 e. The fourth-order valence-corrected chi connectivity index (χ4v) is 5.22. The quantitative estimate of drug-likeness (QED) is 0.867. The van der Waals surface area contributed by atoms with Gasteiger partial charge in [0.2, 0.25) is 4.96 Å². The zero-order chi connectivity index (χ0) is 14.3. The Balaban J connectivity index is 2.11. The van der Waals surface area contributed by atoms with Crippen LogP contribution < -0.4 is 0 Å². The number of nitrogens with zero attached hydrogens (tertiary/aromatic N) is 4. The van der Waals surface area contributed by atoms with Gasteiger partial charge in [0.1, 0.15) is 5.01 Å². The Bertz CT molecular complexity index is 726. The molecule has 1 aliphatic rings.